The molecule has 7 nitrogen and oxygen atoms in total. The fourth-order valence-electron chi connectivity index (χ4n) is 2.61. The molecular weight excluding hydrogens is 346 g/mol. The number of nitrogens with one attached hydrogen (secondary N) is 3. The van der Waals surface area contributed by atoms with Gasteiger partial charge < -0.3 is 20.4 Å². The van der Waals surface area contributed by atoms with Crippen LogP contribution in [0.1, 0.15) is 47.6 Å². The van der Waals surface area contributed by atoms with Gasteiger partial charge in [0.1, 0.15) is 6.04 Å². The van der Waals surface area contributed by atoms with E-state index in [2.05, 4.69) is 16.0 Å². The highest BCUT2D eigenvalue weighted by Gasteiger charge is 2.26. The average Bonchev–Trinajstić information content (AvgIpc) is 3.27. The molecule has 142 valence electrons. The van der Waals surface area contributed by atoms with Crippen LogP contribution in [0.5, 0.6) is 0 Å². The molecule has 7 heteroatoms. The van der Waals surface area contributed by atoms with E-state index in [0.717, 1.165) is 12.8 Å². The molecule has 1 saturated carbocycles. The van der Waals surface area contributed by atoms with E-state index in [1.165, 1.54) is 12.3 Å². The minimum Gasteiger partial charge on any atom is -0.459 e. The Kier molecular flexibility index (Phi) is 5.59. The summed E-state index contributed by atoms with van der Waals surface area (Å²) in [7, 11) is 0. The smallest absolute Gasteiger partial charge is 0.287 e. The average molecular weight is 369 g/mol. The summed E-state index contributed by atoms with van der Waals surface area (Å²) in [5.41, 5.74) is 0.988. The number of rotatable bonds is 7. The molecule has 1 heterocycles. The van der Waals surface area contributed by atoms with Crippen LogP contribution < -0.4 is 16.0 Å². The number of amides is 3. The molecule has 0 unspecified atom stereocenters. The van der Waals surface area contributed by atoms with Crippen LogP contribution in [-0.4, -0.2) is 29.8 Å². The zero-order valence-electron chi connectivity index (χ0n) is 15.3. The summed E-state index contributed by atoms with van der Waals surface area (Å²) in [5, 5.41) is 8.37. The number of hydrogen-bond acceptors (Lipinski definition) is 4. The second kappa shape index (κ2) is 8.07. The van der Waals surface area contributed by atoms with E-state index in [9.17, 15) is 14.4 Å². The lowest BCUT2D eigenvalue weighted by Crippen LogP contribution is -2.47. The fraction of sp³-hybridized carbons (Fsp3) is 0.350. The summed E-state index contributed by atoms with van der Waals surface area (Å²) in [6.45, 7) is 3.68. The van der Waals surface area contributed by atoms with Gasteiger partial charge in [0, 0.05) is 17.3 Å². The molecular formula is C20H23N3O4. The van der Waals surface area contributed by atoms with Crippen molar-refractivity contribution in [1.82, 2.24) is 10.6 Å². The maximum absolute atomic E-state index is 12.7. The molecule has 3 rings (SSSR count). The van der Waals surface area contributed by atoms with E-state index in [4.69, 9.17) is 4.42 Å². The van der Waals surface area contributed by atoms with E-state index in [1.807, 2.05) is 13.8 Å². The quantitative estimate of drug-likeness (QED) is 0.698. The van der Waals surface area contributed by atoms with Crippen LogP contribution in [0.2, 0.25) is 0 Å². The number of furan rings is 1. The van der Waals surface area contributed by atoms with Gasteiger partial charge in [0.25, 0.3) is 11.8 Å². The van der Waals surface area contributed by atoms with Crippen molar-refractivity contribution in [2.24, 2.45) is 5.92 Å². The van der Waals surface area contributed by atoms with Crippen molar-refractivity contribution in [3.63, 3.8) is 0 Å². The van der Waals surface area contributed by atoms with Gasteiger partial charge in [0.15, 0.2) is 5.76 Å². The van der Waals surface area contributed by atoms with Crippen LogP contribution in [0, 0.1) is 5.92 Å². The molecule has 1 aliphatic rings. The highest BCUT2D eigenvalue weighted by atomic mass is 16.3. The molecule has 3 amide bonds. The summed E-state index contributed by atoms with van der Waals surface area (Å²) < 4.78 is 5.06. The Morgan fingerprint density at radius 3 is 2.48 bits per heavy atom. The van der Waals surface area contributed by atoms with E-state index in [1.54, 1.807) is 30.3 Å². The van der Waals surface area contributed by atoms with Gasteiger partial charge in [-0.1, -0.05) is 19.9 Å². The molecule has 3 N–H and O–H groups in total. The van der Waals surface area contributed by atoms with Crippen molar-refractivity contribution in [2.75, 3.05) is 5.32 Å². The minimum absolute atomic E-state index is 0.134. The van der Waals surface area contributed by atoms with Gasteiger partial charge in [-0.2, -0.15) is 0 Å². The van der Waals surface area contributed by atoms with Crippen LogP contribution in [0.4, 0.5) is 5.69 Å². The molecule has 2 aromatic rings. The predicted octanol–water partition coefficient (Wildman–Crippen LogP) is 2.56. The normalized spacial score (nSPS) is 14.5. The summed E-state index contributed by atoms with van der Waals surface area (Å²) in [6, 6.07) is 9.41. The van der Waals surface area contributed by atoms with Gasteiger partial charge in [-0.3, -0.25) is 14.4 Å². The van der Waals surface area contributed by atoms with Gasteiger partial charge in [0.2, 0.25) is 5.91 Å². The molecule has 1 aromatic carbocycles. The maximum atomic E-state index is 12.7. The molecule has 1 atom stereocenters. The molecule has 1 fully saturated rings. The van der Waals surface area contributed by atoms with Gasteiger partial charge in [-0.15, -0.1) is 0 Å². The third-order valence-electron chi connectivity index (χ3n) is 4.29. The first-order valence-corrected chi connectivity index (χ1v) is 9.00. The third-order valence-corrected chi connectivity index (χ3v) is 4.29. The van der Waals surface area contributed by atoms with Gasteiger partial charge >= 0.3 is 0 Å². The zero-order chi connectivity index (χ0) is 19.4. The first-order valence-electron chi connectivity index (χ1n) is 9.00. The van der Waals surface area contributed by atoms with Crippen molar-refractivity contribution in [2.45, 2.75) is 38.8 Å². The molecule has 0 bridgehead atoms. The summed E-state index contributed by atoms with van der Waals surface area (Å²) in [5.74, 6) is -0.950. The van der Waals surface area contributed by atoms with E-state index < -0.39 is 11.9 Å². The SMILES string of the molecule is CC(C)[C@H](NC(=O)c1ccco1)C(=O)Nc1cccc(C(=O)NC2CC2)c1. The predicted molar refractivity (Wildman–Crippen MR) is 100 cm³/mol. The number of carbonyl (C=O) groups is 3. The summed E-state index contributed by atoms with van der Waals surface area (Å²) >= 11 is 0. The molecule has 27 heavy (non-hydrogen) atoms. The summed E-state index contributed by atoms with van der Waals surface area (Å²) in [6.07, 6.45) is 3.42. The Bertz CT molecular complexity index is 826. The van der Waals surface area contributed by atoms with Crippen molar-refractivity contribution in [3.05, 3.63) is 54.0 Å². The van der Waals surface area contributed by atoms with Crippen LogP contribution in [0.3, 0.4) is 0 Å². The zero-order valence-corrected chi connectivity index (χ0v) is 15.3. The molecule has 0 saturated heterocycles. The number of anilines is 1. The molecule has 0 radical (unpaired) electrons. The molecule has 1 aromatic heterocycles. The minimum atomic E-state index is -0.744. The lowest BCUT2D eigenvalue weighted by atomic mass is 10.0. The summed E-state index contributed by atoms with van der Waals surface area (Å²) in [4.78, 5) is 37.0. The number of benzene rings is 1. The highest BCUT2D eigenvalue weighted by molar-refractivity contribution is 6.01. The lowest BCUT2D eigenvalue weighted by molar-refractivity contribution is -0.118. The second-order valence-electron chi connectivity index (χ2n) is 6.99. The Labute approximate surface area is 157 Å². The van der Waals surface area contributed by atoms with Crippen LogP contribution in [0.15, 0.2) is 47.1 Å². The van der Waals surface area contributed by atoms with Crippen LogP contribution in [-0.2, 0) is 4.79 Å². The Morgan fingerprint density at radius 2 is 1.85 bits per heavy atom. The molecule has 0 aliphatic heterocycles. The second-order valence-corrected chi connectivity index (χ2v) is 6.99. The standard InChI is InChI=1S/C20H23N3O4/c1-12(2)17(23-19(25)16-7-4-10-27-16)20(26)22-15-6-3-5-13(11-15)18(24)21-14-8-9-14/h3-7,10-12,14,17H,8-9H2,1-2H3,(H,21,24)(H,22,26)(H,23,25)/t17-/m0/s1. The molecule has 1 aliphatic carbocycles. The van der Waals surface area contributed by atoms with E-state index >= 15 is 0 Å². The third kappa shape index (κ3) is 4.97. The number of hydrogen-bond donors (Lipinski definition) is 3. The van der Waals surface area contributed by atoms with Gasteiger partial charge in [-0.25, -0.2) is 0 Å². The maximum Gasteiger partial charge on any atom is 0.287 e. The van der Waals surface area contributed by atoms with Crippen LogP contribution >= 0.6 is 0 Å². The first kappa shape index (κ1) is 18.7. The van der Waals surface area contributed by atoms with Gasteiger partial charge in [-0.05, 0) is 49.1 Å². The Morgan fingerprint density at radius 1 is 1.07 bits per heavy atom. The van der Waals surface area contributed by atoms with Crippen molar-refractivity contribution >= 4 is 23.4 Å². The van der Waals surface area contributed by atoms with Crippen molar-refractivity contribution in [3.8, 4) is 0 Å². The highest BCUT2D eigenvalue weighted by Crippen LogP contribution is 2.20. The van der Waals surface area contributed by atoms with Crippen molar-refractivity contribution < 1.29 is 18.8 Å². The largest absolute Gasteiger partial charge is 0.459 e. The Hall–Kier alpha value is -3.09. The van der Waals surface area contributed by atoms with Gasteiger partial charge in [0.05, 0.1) is 6.26 Å². The topological polar surface area (TPSA) is 100 Å². The molecule has 0 spiro atoms. The monoisotopic (exact) mass is 369 g/mol. The lowest BCUT2D eigenvalue weighted by Gasteiger charge is -2.21. The van der Waals surface area contributed by atoms with Crippen LogP contribution in [0.25, 0.3) is 0 Å². The van der Waals surface area contributed by atoms with Crippen molar-refractivity contribution in [1.29, 1.82) is 0 Å². The number of carbonyl (C=O) groups excluding carboxylic acids is 3. The Balaban J connectivity index is 1.66. The van der Waals surface area contributed by atoms with E-state index in [-0.39, 0.29) is 29.5 Å². The first-order chi connectivity index (χ1) is 12.9. The fourth-order valence-corrected chi connectivity index (χ4v) is 2.61. The van der Waals surface area contributed by atoms with E-state index in [0.29, 0.717) is 11.3 Å².